The lowest BCUT2D eigenvalue weighted by atomic mass is 9.86. The molecule has 0 aliphatic carbocycles. The number of hydrogen-bond donors (Lipinski definition) is 0. The van der Waals surface area contributed by atoms with E-state index >= 15 is 0 Å². The Balaban J connectivity index is 2.53. The molecular formula is C13H18N2O3S. The number of likely N-dealkylation sites (N-methyl/N-ethyl adjacent to an activating group) is 1. The molecular weight excluding hydrogens is 264 g/mol. The molecule has 1 amide bonds. The molecule has 2 rings (SSSR count). The normalized spacial score (nSPS) is 23.0. The number of nitrogens with zero attached hydrogens (tertiary/aromatic N) is 2. The van der Waals surface area contributed by atoms with Gasteiger partial charge in [0, 0.05) is 26.8 Å². The van der Waals surface area contributed by atoms with Crippen LogP contribution in [0, 0.1) is 0 Å². The minimum absolute atomic E-state index is 0.181. The number of carbonyl (C=O) groups excluding carboxylic acids is 1. The van der Waals surface area contributed by atoms with Crippen molar-refractivity contribution in [2.45, 2.75) is 12.3 Å². The van der Waals surface area contributed by atoms with Crippen LogP contribution >= 0.6 is 0 Å². The van der Waals surface area contributed by atoms with Crippen LogP contribution in [-0.4, -0.2) is 45.5 Å². The van der Waals surface area contributed by atoms with Crippen molar-refractivity contribution in [3.63, 3.8) is 0 Å². The van der Waals surface area contributed by atoms with E-state index in [1.165, 1.54) is 19.0 Å². The molecule has 1 unspecified atom stereocenters. The third kappa shape index (κ3) is 2.04. The van der Waals surface area contributed by atoms with Crippen LogP contribution in [0.2, 0.25) is 0 Å². The van der Waals surface area contributed by atoms with E-state index in [1.54, 1.807) is 14.0 Å². The maximum atomic E-state index is 12.4. The van der Waals surface area contributed by atoms with Gasteiger partial charge in [-0.2, -0.15) is 0 Å². The van der Waals surface area contributed by atoms with E-state index in [4.69, 9.17) is 0 Å². The fourth-order valence-corrected chi connectivity index (χ4v) is 3.73. The first kappa shape index (κ1) is 14.0. The lowest BCUT2D eigenvalue weighted by Crippen LogP contribution is -2.44. The summed E-state index contributed by atoms with van der Waals surface area (Å²) in [5, 5.41) is 0. The number of benzene rings is 1. The maximum Gasteiger partial charge on any atom is 0.238 e. The molecule has 0 saturated heterocycles. The number of amides is 1. The first-order valence-corrected chi connectivity index (χ1v) is 7.59. The average Bonchev–Trinajstić information content (AvgIpc) is 2.52. The quantitative estimate of drug-likeness (QED) is 0.824. The highest BCUT2D eigenvalue weighted by Gasteiger charge is 2.48. The Morgan fingerprint density at radius 2 is 1.84 bits per heavy atom. The molecule has 0 aromatic heterocycles. The molecule has 1 atom stereocenters. The second-order valence-electron chi connectivity index (χ2n) is 5.25. The van der Waals surface area contributed by atoms with Crippen LogP contribution in [0.4, 0.5) is 5.69 Å². The van der Waals surface area contributed by atoms with Crippen molar-refractivity contribution in [2.75, 3.05) is 31.8 Å². The average molecular weight is 282 g/mol. The molecule has 1 aliphatic rings. The number of sulfonamides is 1. The molecule has 0 fully saturated rings. The van der Waals surface area contributed by atoms with Crippen molar-refractivity contribution in [2.24, 2.45) is 0 Å². The smallest absolute Gasteiger partial charge is 0.238 e. The predicted molar refractivity (Wildman–Crippen MR) is 74.7 cm³/mol. The van der Waals surface area contributed by atoms with E-state index in [2.05, 4.69) is 0 Å². The minimum Gasteiger partial charge on any atom is -0.314 e. The third-order valence-corrected chi connectivity index (χ3v) is 5.72. The van der Waals surface area contributed by atoms with Crippen LogP contribution in [0.3, 0.4) is 0 Å². The van der Waals surface area contributed by atoms with E-state index in [0.29, 0.717) is 0 Å². The fraction of sp³-hybridized carbons (Fsp3) is 0.462. The molecule has 0 radical (unpaired) electrons. The van der Waals surface area contributed by atoms with E-state index < -0.39 is 15.4 Å². The van der Waals surface area contributed by atoms with Gasteiger partial charge in [0.05, 0.1) is 11.2 Å². The van der Waals surface area contributed by atoms with Crippen molar-refractivity contribution < 1.29 is 13.2 Å². The SMILES string of the molecule is CN1C(=O)C(C)(CS(=O)(=O)N(C)C)c2ccccc21. The molecule has 104 valence electrons. The number of hydrogen-bond acceptors (Lipinski definition) is 3. The van der Waals surface area contributed by atoms with Crippen LogP contribution in [0.25, 0.3) is 0 Å². The molecule has 6 heteroatoms. The Morgan fingerprint density at radius 1 is 1.26 bits per heavy atom. The topological polar surface area (TPSA) is 57.7 Å². The molecule has 5 nitrogen and oxygen atoms in total. The summed E-state index contributed by atoms with van der Waals surface area (Å²) >= 11 is 0. The van der Waals surface area contributed by atoms with E-state index in [1.807, 2.05) is 24.3 Å². The summed E-state index contributed by atoms with van der Waals surface area (Å²) in [6.45, 7) is 1.69. The maximum absolute atomic E-state index is 12.4. The van der Waals surface area contributed by atoms with E-state index in [-0.39, 0.29) is 11.7 Å². The minimum atomic E-state index is -3.45. The zero-order valence-corrected chi connectivity index (χ0v) is 12.4. The molecule has 1 heterocycles. The van der Waals surface area contributed by atoms with Crippen molar-refractivity contribution >= 4 is 21.6 Å². The van der Waals surface area contributed by atoms with Crippen molar-refractivity contribution in [1.29, 1.82) is 0 Å². The zero-order chi connectivity index (χ0) is 14.4. The summed E-state index contributed by atoms with van der Waals surface area (Å²) in [6.07, 6.45) is 0. The second-order valence-corrected chi connectivity index (χ2v) is 7.43. The number of fused-ring (bicyclic) bond motifs is 1. The first-order chi connectivity index (χ1) is 8.70. The summed E-state index contributed by atoms with van der Waals surface area (Å²) in [5.41, 5.74) is 0.533. The summed E-state index contributed by atoms with van der Waals surface area (Å²) < 4.78 is 25.4. The molecule has 1 aromatic carbocycles. The largest absolute Gasteiger partial charge is 0.314 e. The standard InChI is InChI=1S/C13H18N2O3S/c1-13(9-19(17,18)14(2)3)10-7-5-6-8-11(10)15(4)12(13)16/h5-8H,9H2,1-4H3. The highest BCUT2D eigenvalue weighted by atomic mass is 32.2. The predicted octanol–water partition coefficient (Wildman–Crippen LogP) is 0.812. The summed E-state index contributed by atoms with van der Waals surface area (Å²) in [7, 11) is 1.18. The highest BCUT2D eigenvalue weighted by Crippen LogP contribution is 2.41. The number of para-hydroxylation sites is 1. The van der Waals surface area contributed by atoms with Crippen LogP contribution in [-0.2, 0) is 20.2 Å². The van der Waals surface area contributed by atoms with Gasteiger partial charge in [-0.05, 0) is 18.6 Å². The van der Waals surface area contributed by atoms with Gasteiger partial charge in [0.15, 0.2) is 0 Å². The van der Waals surface area contributed by atoms with Crippen LogP contribution < -0.4 is 4.90 Å². The molecule has 0 saturated carbocycles. The van der Waals surface area contributed by atoms with Crippen molar-refractivity contribution in [3.8, 4) is 0 Å². The molecule has 1 aromatic rings. The molecule has 0 N–H and O–H groups in total. The van der Waals surface area contributed by atoms with Crippen LogP contribution in [0.15, 0.2) is 24.3 Å². The van der Waals surface area contributed by atoms with E-state index in [9.17, 15) is 13.2 Å². The first-order valence-electron chi connectivity index (χ1n) is 5.98. The second kappa shape index (κ2) is 4.31. The molecule has 1 aliphatic heterocycles. The van der Waals surface area contributed by atoms with Gasteiger partial charge >= 0.3 is 0 Å². The molecule has 19 heavy (non-hydrogen) atoms. The van der Waals surface area contributed by atoms with Gasteiger partial charge in [0.25, 0.3) is 0 Å². The number of anilines is 1. The van der Waals surface area contributed by atoms with Gasteiger partial charge < -0.3 is 4.90 Å². The summed E-state index contributed by atoms with van der Waals surface area (Å²) in [5.74, 6) is -0.396. The lowest BCUT2D eigenvalue weighted by molar-refractivity contribution is -0.121. The van der Waals surface area contributed by atoms with Gasteiger partial charge in [-0.15, -0.1) is 0 Å². The Morgan fingerprint density at radius 3 is 2.42 bits per heavy atom. The molecule has 0 spiro atoms. The Hall–Kier alpha value is -1.40. The van der Waals surface area contributed by atoms with Gasteiger partial charge in [0.2, 0.25) is 15.9 Å². The van der Waals surface area contributed by atoms with Gasteiger partial charge in [-0.1, -0.05) is 18.2 Å². The van der Waals surface area contributed by atoms with Crippen molar-refractivity contribution in [1.82, 2.24) is 4.31 Å². The van der Waals surface area contributed by atoms with Gasteiger partial charge in [0.1, 0.15) is 0 Å². The Labute approximate surface area is 113 Å². The Bertz CT molecular complexity index is 625. The van der Waals surface area contributed by atoms with Gasteiger partial charge in [-0.25, -0.2) is 12.7 Å². The van der Waals surface area contributed by atoms with Crippen molar-refractivity contribution in [3.05, 3.63) is 29.8 Å². The highest BCUT2D eigenvalue weighted by molar-refractivity contribution is 7.89. The van der Waals surface area contributed by atoms with Gasteiger partial charge in [-0.3, -0.25) is 4.79 Å². The summed E-state index contributed by atoms with van der Waals surface area (Å²) in [4.78, 5) is 14.0. The van der Waals surface area contributed by atoms with Crippen LogP contribution in [0.1, 0.15) is 12.5 Å². The number of rotatable bonds is 3. The van der Waals surface area contributed by atoms with E-state index in [0.717, 1.165) is 15.6 Å². The Kier molecular flexibility index (Phi) is 3.18. The summed E-state index contributed by atoms with van der Waals surface area (Å²) in [6, 6.07) is 7.32. The lowest BCUT2D eigenvalue weighted by Gasteiger charge is -2.24. The number of carbonyl (C=O) groups is 1. The molecule has 0 bridgehead atoms. The fourth-order valence-electron chi connectivity index (χ4n) is 2.46. The van der Waals surface area contributed by atoms with Crippen LogP contribution in [0.5, 0.6) is 0 Å². The zero-order valence-electron chi connectivity index (χ0n) is 11.5. The monoisotopic (exact) mass is 282 g/mol. The third-order valence-electron chi connectivity index (χ3n) is 3.66.